The van der Waals surface area contributed by atoms with Gasteiger partial charge in [-0.2, -0.15) is 0 Å². The van der Waals surface area contributed by atoms with Gasteiger partial charge < -0.3 is 23.7 Å². The topological polar surface area (TPSA) is 80.3 Å². The third kappa shape index (κ3) is 9.47. The van der Waals surface area contributed by atoms with Crippen LogP contribution < -0.4 is 4.74 Å². The van der Waals surface area contributed by atoms with E-state index in [1.807, 2.05) is 37.3 Å². The molecule has 7 heteroatoms. The van der Waals surface area contributed by atoms with Gasteiger partial charge in [0.2, 0.25) is 0 Å². The van der Waals surface area contributed by atoms with Gasteiger partial charge in [-0.05, 0) is 65.2 Å². The second-order valence-corrected chi connectivity index (χ2v) is 10.3. The molecule has 0 N–H and O–H groups in total. The summed E-state index contributed by atoms with van der Waals surface area (Å²) in [6, 6.07) is 13.2. The third-order valence-electron chi connectivity index (χ3n) is 4.65. The molecule has 2 aromatic rings. The van der Waals surface area contributed by atoms with Gasteiger partial charge in [0.05, 0.1) is 19.8 Å². The average molecular weight is 499 g/mol. The van der Waals surface area contributed by atoms with Crippen molar-refractivity contribution in [1.29, 1.82) is 0 Å². The minimum atomic E-state index is -0.944. The Morgan fingerprint density at radius 1 is 0.833 bits per heavy atom. The zero-order valence-electron chi connectivity index (χ0n) is 22.4. The number of hydrogen-bond donors (Lipinski definition) is 0. The Kier molecular flexibility index (Phi) is 10.3. The summed E-state index contributed by atoms with van der Waals surface area (Å²) in [6.07, 6.45) is -0.944. The van der Waals surface area contributed by atoms with Crippen molar-refractivity contribution in [1.82, 2.24) is 0 Å². The molecule has 0 saturated heterocycles. The minimum absolute atomic E-state index is 0.00372. The van der Waals surface area contributed by atoms with Crippen molar-refractivity contribution in [2.75, 3.05) is 13.2 Å². The van der Waals surface area contributed by atoms with Crippen LogP contribution in [0, 0.1) is 0 Å². The molecule has 0 heterocycles. The molecule has 0 aliphatic rings. The van der Waals surface area contributed by atoms with Crippen molar-refractivity contribution < 1.29 is 33.3 Å². The van der Waals surface area contributed by atoms with Crippen LogP contribution in [0.15, 0.2) is 49.0 Å². The average Bonchev–Trinajstić information content (AvgIpc) is 2.75. The lowest BCUT2D eigenvalue weighted by molar-refractivity contribution is 0.00556. The predicted molar refractivity (Wildman–Crippen MR) is 139 cm³/mol. The summed E-state index contributed by atoms with van der Waals surface area (Å²) in [7, 11) is 0. The van der Waals surface area contributed by atoms with Crippen LogP contribution in [0.4, 0.5) is 4.79 Å². The molecular formula is C29H38O7. The molecule has 0 fully saturated rings. The molecule has 0 aromatic heterocycles. The zero-order valence-corrected chi connectivity index (χ0v) is 22.4. The molecule has 36 heavy (non-hydrogen) atoms. The van der Waals surface area contributed by atoms with E-state index < -0.39 is 23.3 Å². The van der Waals surface area contributed by atoms with Crippen molar-refractivity contribution in [3.63, 3.8) is 0 Å². The summed E-state index contributed by atoms with van der Waals surface area (Å²) >= 11 is 0. The van der Waals surface area contributed by atoms with Crippen molar-refractivity contribution in [2.24, 2.45) is 0 Å². The number of ether oxygens (including phenoxy) is 5. The van der Waals surface area contributed by atoms with Gasteiger partial charge in [0.1, 0.15) is 16.8 Å². The van der Waals surface area contributed by atoms with Gasteiger partial charge in [-0.3, -0.25) is 0 Å². The van der Waals surface area contributed by atoms with Crippen molar-refractivity contribution in [2.45, 2.75) is 72.9 Å². The Morgan fingerprint density at radius 2 is 1.47 bits per heavy atom. The van der Waals surface area contributed by atoms with E-state index in [1.54, 1.807) is 53.7 Å². The molecule has 2 rings (SSSR count). The van der Waals surface area contributed by atoms with Gasteiger partial charge in [-0.25, -0.2) is 9.59 Å². The maximum Gasteiger partial charge on any atom is 0.514 e. The molecule has 0 bridgehead atoms. The zero-order chi connectivity index (χ0) is 26.9. The molecule has 0 aliphatic carbocycles. The van der Waals surface area contributed by atoms with E-state index in [0.717, 1.165) is 5.56 Å². The van der Waals surface area contributed by atoms with Gasteiger partial charge in [-0.1, -0.05) is 49.0 Å². The maximum atomic E-state index is 13.3. The lowest BCUT2D eigenvalue weighted by Crippen LogP contribution is -2.28. The normalized spacial score (nSPS) is 11.6. The molecule has 0 radical (unpaired) electrons. The largest absolute Gasteiger partial charge is 0.514 e. The van der Waals surface area contributed by atoms with E-state index >= 15 is 0 Å². The summed E-state index contributed by atoms with van der Waals surface area (Å²) < 4.78 is 28.1. The van der Waals surface area contributed by atoms with Gasteiger partial charge in [0, 0.05) is 12.2 Å². The molecule has 0 spiro atoms. The highest BCUT2D eigenvalue weighted by atomic mass is 16.7. The SMILES string of the molecule is C=C(COCc1ccccc1)c1ccc(COCC)c(C(=O)OC(C)(C)C)c1OC(=O)OC(C)(C)C. The molecule has 0 saturated carbocycles. The van der Waals surface area contributed by atoms with Crippen molar-refractivity contribution in [3.05, 3.63) is 71.3 Å². The molecule has 0 atom stereocenters. The second kappa shape index (κ2) is 12.7. The monoisotopic (exact) mass is 498 g/mol. The van der Waals surface area contributed by atoms with Crippen LogP contribution in [0.2, 0.25) is 0 Å². The first kappa shape index (κ1) is 29.1. The van der Waals surface area contributed by atoms with E-state index in [-0.39, 0.29) is 24.5 Å². The highest BCUT2D eigenvalue weighted by Crippen LogP contribution is 2.35. The second-order valence-electron chi connectivity index (χ2n) is 10.3. The van der Waals surface area contributed by atoms with Crippen LogP contribution in [0.5, 0.6) is 5.75 Å². The molecule has 2 aromatic carbocycles. The number of rotatable bonds is 10. The van der Waals surface area contributed by atoms with Gasteiger partial charge in [-0.15, -0.1) is 0 Å². The molecule has 0 unspecified atom stereocenters. The Morgan fingerprint density at radius 3 is 2.06 bits per heavy atom. The summed E-state index contributed by atoms with van der Waals surface area (Å²) in [5.74, 6) is -0.639. The molecular weight excluding hydrogens is 460 g/mol. The van der Waals surface area contributed by atoms with Crippen LogP contribution in [0.25, 0.3) is 5.57 Å². The first-order valence-electron chi connectivity index (χ1n) is 12.0. The summed E-state index contributed by atoms with van der Waals surface area (Å²) in [4.78, 5) is 26.0. The fourth-order valence-electron chi connectivity index (χ4n) is 3.19. The highest BCUT2D eigenvalue weighted by Gasteiger charge is 2.30. The summed E-state index contributed by atoms with van der Waals surface area (Å²) in [5.41, 5.74) is 1.03. The smallest absolute Gasteiger partial charge is 0.456 e. The highest BCUT2D eigenvalue weighted by molar-refractivity contribution is 5.97. The van der Waals surface area contributed by atoms with Crippen LogP contribution in [0.1, 0.15) is 75.5 Å². The van der Waals surface area contributed by atoms with Crippen LogP contribution >= 0.6 is 0 Å². The van der Waals surface area contributed by atoms with E-state index in [9.17, 15) is 9.59 Å². The molecule has 196 valence electrons. The Bertz CT molecular complexity index is 1040. The van der Waals surface area contributed by atoms with Gasteiger partial charge in [0.15, 0.2) is 5.75 Å². The standard InChI is InChI=1S/C29H38O7/c1-9-32-19-22-15-16-23(20(2)17-33-18-21-13-11-10-12-14-21)25(34-27(31)36-29(6,7)8)24(22)26(30)35-28(3,4)5/h10-16H,2,9,17-19H2,1,3-8H3. The quantitative estimate of drug-likeness (QED) is 0.266. The number of hydrogen-bond acceptors (Lipinski definition) is 7. The lowest BCUT2D eigenvalue weighted by Gasteiger charge is -2.24. The van der Waals surface area contributed by atoms with Crippen molar-refractivity contribution >= 4 is 17.7 Å². The van der Waals surface area contributed by atoms with Gasteiger partial charge in [0.25, 0.3) is 0 Å². The lowest BCUT2D eigenvalue weighted by atomic mass is 9.98. The maximum absolute atomic E-state index is 13.3. The summed E-state index contributed by atoms with van der Waals surface area (Å²) in [5, 5.41) is 0. The van der Waals surface area contributed by atoms with Crippen LogP contribution in [0.3, 0.4) is 0 Å². The van der Waals surface area contributed by atoms with Crippen LogP contribution in [-0.4, -0.2) is 36.5 Å². The minimum Gasteiger partial charge on any atom is -0.456 e. The fourth-order valence-corrected chi connectivity index (χ4v) is 3.19. The van der Waals surface area contributed by atoms with E-state index in [4.69, 9.17) is 23.7 Å². The first-order chi connectivity index (χ1) is 16.8. The Labute approximate surface area is 214 Å². The Hall–Kier alpha value is -3.16. The van der Waals surface area contributed by atoms with Gasteiger partial charge >= 0.3 is 12.1 Å². The van der Waals surface area contributed by atoms with Crippen molar-refractivity contribution in [3.8, 4) is 5.75 Å². The number of carbonyl (C=O) groups excluding carboxylic acids is 2. The number of benzene rings is 2. The summed E-state index contributed by atoms with van der Waals surface area (Å²) in [6.45, 7) is 17.6. The fraction of sp³-hybridized carbons (Fsp3) is 0.448. The molecule has 0 amide bonds. The Balaban J connectivity index is 2.48. The van der Waals surface area contributed by atoms with E-state index in [2.05, 4.69) is 6.58 Å². The van der Waals surface area contributed by atoms with E-state index in [1.165, 1.54) is 0 Å². The van der Waals surface area contributed by atoms with Crippen LogP contribution in [-0.2, 0) is 32.2 Å². The first-order valence-corrected chi connectivity index (χ1v) is 12.0. The number of esters is 1. The third-order valence-corrected chi connectivity index (χ3v) is 4.65. The molecule has 0 aliphatic heterocycles. The molecule has 7 nitrogen and oxygen atoms in total. The predicted octanol–water partition coefficient (Wildman–Crippen LogP) is 6.72. The van der Waals surface area contributed by atoms with E-state index in [0.29, 0.717) is 29.9 Å². The number of carbonyl (C=O) groups is 2.